The molecular weight excluding hydrogens is 280 g/mol. The fourth-order valence-corrected chi connectivity index (χ4v) is 2.39. The minimum atomic E-state index is -0.503. The summed E-state index contributed by atoms with van der Waals surface area (Å²) in [7, 11) is 0. The van der Waals surface area contributed by atoms with Crippen molar-refractivity contribution >= 4 is 23.9 Å². The molecule has 2 heterocycles. The largest absolute Gasteiger partial charge is 0.391 e. The lowest BCUT2D eigenvalue weighted by Gasteiger charge is -2.25. The van der Waals surface area contributed by atoms with Crippen molar-refractivity contribution in [2.24, 2.45) is 0 Å². The Labute approximate surface area is 121 Å². The average Bonchev–Trinajstić information content (AvgIpc) is 2.36. The Morgan fingerprint density at radius 2 is 0.952 bits per heavy atom. The number of rotatable bonds is 6. The molecule has 0 aliphatic carbocycles. The van der Waals surface area contributed by atoms with Gasteiger partial charge in [0.25, 0.3) is 0 Å². The Kier molecular flexibility index (Phi) is 5.40. The summed E-state index contributed by atoms with van der Waals surface area (Å²) in [5, 5.41) is 0. The van der Waals surface area contributed by atoms with Crippen LogP contribution in [0.3, 0.4) is 0 Å². The fraction of sp³-hybridized carbons (Fsp3) is 0.692. The van der Waals surface area contributed by atoms with E-state index >= 15 is 0 Å². The number of hydrogen-bond donors (Lipinski definition) is 0. The monoisotopic (exact) mass is 298 g/mol. The zero-order valence-corrected chi connectivity index (χ0v) is 11.7. The smallest absolute Gasteiger partial charge is 0.327 e. The topological polar surface area (TPSA) is 93.2 Å². The van der Waals surface area contributed by atoms with Gasteiger partial charge >= 0.3 is 23.9 Å². The highest BCUT2D eigenvalue weighted by Crippen LogP contribution is 2.06. The number of hydrogen-bond acceptors (Lipinski definition) is 8. The predicted molar refractivity (Wildman–Crippen MR) is 68.9 cm³/mol. The summed E-state index contributed by atoms with van der Waals surface area (Å²) in [4.78, 5) is 47.8. The number of nitrogens with zero attached hydrogens (tertiary/aromatic N) is 2. The van der Waals surface area contributed by atoms with Crippen molar-refractivity contribution in [3.8, 4) is 0 Å². The van der Waals surface area contributed by atoms with E-state index in [0.29, 0.717) is 13.1 Å². The molecule has 0 N–H and O–H groups in total. The molecule has 0 unspecified atom stereocenters. The van der Waals surface area contributed by atoms with Gasteiger partial charge in [0.2, 0.25) is 0 Å². The van der Waals surface area contributed by atoms with Crippen LogP contribution in [0.4, 0.5) is 0 Å². The first-order valence-electron chi connectivity index (χ1n) is 6.94. The Morgan fingerprint density at radius 1 is 0.619 bits per heavy atom. The van der Waals surface area contributed by atoms with E-state index in [-0.39, 0.29) is 26.2 Å². The fourth-order valence-electron chi connectivity index (χ4n) is 2.39. The molecule has 21 heavy (non-hydrogen) atoms. The summed E-state index contributed by atoms with van der Waals surface area (Å²) < 4.78 is 8.88. The first kappa shape index (κ1) is 15.6. The molecule has 0 aromatic carbocycles. The molecule has 8 nitrogen and oxygen atoms in total. The molecule has 2 rings (SSSR count). The Morgan fingerprint density at radius 3 is 1.29 bits per heavy atom. The maximum Gasteiger partial charge on any atom is 0.327 e. The van der Waals surface area contributed by atoms with Crippen LogP contribution in [0.2, 0.25) is 0 Å². The molecule has 8 heteroatoms. The van der Waals surface area contributed by atoms with E-state index in [0.717, 1.165) is 19.3 Å². The summed E-state index contributed by atoms with van der Waals surface area (Å²) in [6, 6.07) is 0. The van der Waals surface area contributed by atoms with Gasteiger partial charge in [0.15, 0.2) is 0 Å². The normalized spacial score (nSPS) is 21.3. The first-order chi connectivity index (χ1) is 10.0. The number of esters is 4. The molecular formula is C13H18N2O6. The molecule has 0 spiro atoms. The van der Waals surface area contributed by atoms with Crippen LogP contribution in [0.1, 0.15) is 19.3 Å². The summed E-state index contributed by atoms with van der Waals surface area (Å²) in [5.74, 6) is -2.01. The second kappa shape index (κ2) is 7.28. The van der Waals surface area contributed by atoms with Crippen LogP contribution in [-0.4, -0.2) is 72.9 Å². The molecule has 0 bridgehead atoms. The zero-order valence-electron chi connectivity index (χ0n) is 11.7. The Bertz CT molecular complexity index is 378. The van der Waals surface area contributed by atoms with Crippen LogP contribution >= 0.6 is 0 Å². The third-order valence-electron chi connectivity index (χ3n) is 3.31. The number of unbranched alkanes of at least 4 members (excludes halogenated alkanes) is 2. The van der Waals surface area contributed by atoms with Gasteiger partial charge in [0.1, 0.15) is 0 Å². The third kappa shape index (κ3) is 5.24. The molecule has 0 saturated carbocycles. The van der Waals surface area contributed by atoms with Gasteiger partial charge in [0.05, 0.1) is 26.2 Å². The molecule has 2 fully saturated rings. The van der Waals surface area contributed by atoms with Crippen molar-refractivity contribution in [1.29, 1.82) is 0 Å². The van der Waals surface area contributed by atoms with Gasteiger partial charge in [-0.2, -0.15) is 0 Å². The van der Waals surface area contributed by atoms with E-state index in [1.54, 1.807) is 9.80 Å². The number of cyclic esters (lactones) is 4. The van der Waals surface area contributed by atoms with Gasteiger partial charge in [0, 0.05) is 0 Å². The zero-order chi connectivity index (χ0) is 15.2. The average molecular weight is 298 g/mol. The highest BCUT2D eigenvalue weighted by molar-refractivity contribution is 5.90. The minimum absolute atomic E-state index is 0.151. The molecule has 0 aromatic heterocycles. The second-order valence-electron chi connectivity index (χ2n) is 5.17. The van der Waals surface area contributed by atoms with E-state index in [4.69, 9.17) is 0 Å². The third-order valence-corrected chi connectivity index (χ3v) is 3.31. The number of carbonyl (C=O) groups excluding carboxylic acids is 4. The van der Waals surface area contributed by atoms with Gasteiger partial charge in [-0.05, 0) is 25.9 Å². The minimum Gasteiger partial charge on any atom is -0.391 e. The van der Waals surface area contributed by atoms with Crippen LogP contribution in [-0.2, 0) is 28.7 Å². The van der Waals surface area contributed by atoms with Crippen molar-refractivity contribution < 1.29 is 28.7 Å². The van der Waals surface area contributed by atoms with Gasteiger partial charge in [-0.15, -0.1) is 0 Å². The van der Waals surface area contributed by atoms with Crippen molar-refractivity contribution in [3.63, 3.8) is 0 Å². The van der Waals surface area contributed by atoms with Crippen LogP contribution in [0.15, 0.2) is 0 Å². The van der Waals surface area contributed by atoms with E-state index in [1.807, 2.05) is 0 Å². The maximum atomic E-state index is 11.1. The van der Waals surface area contributed by atoms with E-state index < -0.39 is 23.9 Å². The highest BCUT2D eigenvalue weighted by atomic mass is 16.6. The van der Waals surface area contributed by atoms with Gasteiger partial charge in [-0.1, -0.05) is 6.42 Å². The standard InChI is InChI=1S/C13H18N2O6/c16-10-6-14(7-11(17)20-10)4-2-1-3-5-15-8-12(18)21-13(19)9-15/h1-9H2. The number of ether oxygens (including phenoxy) is 2. The maximum absolute atomic E-state index is 11.1. The molecule has 0 atom stereocenters. The van der Waals surface area contributed by atoms with Crippen molar-refractivity contribution in [3.05, 3.63) is 0 Å². The van der Waals surface area contributed by atoms with Gasteiger partial charge in [-0.3, -0.25) is 29.0 Å². The molecule has 2 saturated heterocycles. The lowest BCUT2D eigenvalue weighted by atomic mass is 10.2. The Hall–Kier alpha value is -1.80. The quantitative estimate of drug-likeness (QED) is 0.347. The molecule has 0 radical (unpaired) electrons. The second-order valence-corrected chi connectivity index (χ2v) is 5.17. The molecule has 0 aromatic rings. The van der Waals surface area contributed by atoms with E-state index in [2.05, 4.69) is 9.47 Å². The summed E-state index contributed by atoms with van der Waals surface area (Å²) in [6.07, 6.45) is 2.57. The Balaban J connectivity index is 1.57. The number of morpholine rings is 2. The molecule has 2 aliphatic rings. The van der Waals surface area contributed by atoms with Crippen LogP contribution in [0, 0.1) is 0 Å². The summed E-state index contributed by atoms with van der Waals surface area (Å²) in [5.41, 5.74) is 0. The summed E-state index contributed by atoms with van der Waals surface area (Å²) in [6.45, 7) is 1.91. The molecule has 116 valence electrons. The highest BCUT2D eigenvalue weighted by Gasteiger charge is 2.25. The van der Waals surface area contributed by atoms with Gasteiger partial charge in [-0.25, -0.2) is 0 Å². The van der Waals surface area contributed by atoms with Crippen molar-refractivity contribution in [1.82, 2.24) is 9.80 Å². The van der Waals surface area contributed by atoms with Crippen molar-refractivity contribution in [2.75, 3.05) is 39.3 Å². The predicted octanol–water partition coefficient (Wildman–Crippen LogP) is -1.07. The number of carbonyl (C=O) groups is 4. The van der Waals surface area contributed by atoms with Crippen molar-refractivity contribution in [2.45, 2.75) is 19.3 Å². The van der Waals surface area contributed by atoms with E-state index in [1.165, 1.54) is 0 Å². The van der Waals surface area contributed by atoms with Crippen LogP contribution in [0.5, 0.6) is 0 Å². The van der Waals surface area contributed by atoms with Gasteiger partial charge < -0.3 is 9.47 Å². The SMILES string of the molecule is O=C1CN(CCCCCN2CC(=O)OC(=O)C2)CC(=O)O1. The van der Waals surface area contributed by atoms with Crippen LogP contribution < -0.4 is 0 Å². The summed E-state index contributed by atoms with van der Waals surface area (Å²) >= 11 is 0. The van der Waals surface area contributed by atoms with Crippen LogP contribution in [0.25, 0.3) is 0 Å². The molecule has 0 amide bonds. The lowest BCUT2D eigenvalue weighted by Crippen LogP contribution is -2.43. The first-order valence-corrected chi connectivity index (χ1v) is 6.94. The lowest BCUT2D eigenvalue weighted by molar-refractivity contribution is -0.168. The van der Waals surface area contributed by atoms with E-state index in [9.17, 15) is 19.2 Å². The molecule has 2 aliphatic heterocycles.